The van der Waals surface area contributed by atoms with E-state index in [0.717, 1.165) is 193 Å². The molecule has 0 bridgehead atoms. The lowest BCUT2D eigenvalue weighted by atomic mass is 9.88. The Hall–Kier alpha value is -10.0. The number of H-pyrrole nitrogens is 4. The van der Waals surface area contributed by atoms with E-state index in [-0.39, 0.29) is 5.56 Å². The molecule has 0 atom stereocenters. The standard InChI is InChI=1S/C25H24N4O.C24H20N4O2.C22H23N5O/c1-13-18-5-4-6-19(20(18)9-10-26-13)21-11-17(23-14(2)29-30-15(23)3)12-22-24(21)28-25(27-22)16-7-8-16;1-12-22(13(2)30-28-12)15-10-18(23-20(11-15)26-24(27-23)14-6-7-14)16-4-3-5-19-17(16)8-9-21(29)25-19;1-10-19(11(2)24-14(5)23-10)17-8-16(20-12(3)27-28-13(20)4)9-18-21(17)26-22(25-18)15-6-7-15/h4-6,11-12,16,26H,1,7-10H2,2-3H3,(H,27,28);3-5,8-11,14H,6-7H2,1-2H3,(H,25,29)(H,26,27);8-9,15H,6-7H2,1-5H3,(H,25,26). The largest absolute Gasteiger partial charge is 0.385 e. The van der Waals surface area contributed by atoms with Gasteiger partial charge in [-0.25, -0.2) is 24.9 Å². The monoisotopic (exact) mass is 1170 g/mol. The molecule has 0 saturated heterocycles. The average molecular weight is 1170 g/mol. The number of nitrogens with one attached hydrogen (secondary N) is 5. The Balaban J connectivity index is 0.000000111. The summed E-state index contributed by atoms with van der Waals surface area (Å²) in [7, 11) is 0. The van der Waals surface area contributed by atoms with Gasteiger partial charge < -0.3 is 38.8 Å². The van der Waals surface area contributed by atoms with Crippen LogP contribution in [0.15, 0.2) is 110 Å². The molecule has 17 heteroatoms. The third kappa shape index (κ3) is 9.78. The third-order valence-electron chi connectivity index (χ3n) is 17.9. The summed E-state index contributed by atoms with van der Waals surface area (Å²) in [5, 5.41) is 16.8. The molecule has 0 radical (unpaired) electrons. The molecule has 0 amide bonds. The second-order valence-electron chi connectivity index (χ2n) is 24.4. The van der Waals surface area contributed by atoms with Crippen molar-refractivity contribution in [2.24, 2.45) is 0 Å². The molecule has 3 fully saturated rings. The van der Waals surface area contributed by atoms with E-state index in [1.807, 2.05) is 80.5 Å². The zero-order chi connectivity index (χ0) is 60.4. The number of rotatable bonds is 9. The number of aromatic amines is 4. The zero-order valence-corrected chi connectivity index (χ0v) is 50.9. The quantitative estimate of drug-likeness (QED) is 0.0906. The van der Waals surface area contributed by atoms with Gasteiger partial charge in [-0.3, -0.25) is 4.79 Å². The number of hydrogen-bond donors (Lipinski definition) is 5. The van der Waals surface area contributed by atoms with E-state index >= 15 is 0 Å². The number of benzene rings is 5. The van der Waals surface area contributed by atoms with Crippen molar-refractivity contribution in [3.8, 4) is 66.8 Å². The molecule has 4 aliphatic rings. The van der Waals surface area contributed by atoms with Crippen LogP contribution in [0.5, 0.6) is 0 Å². The van der Waals surface area contributed by atoms with Crippen LogP contribution in [0.2, 0.25) is 0 Å². The Morgan fingerprint density at radius 2 is 0.864 bits per heavy atom. The number of aryl methyl sites for hydroxylation is 9. The topological polar surface area (TPSA) is 235 Å². The normalized spacial score (nSPS) is 14.8. The van der Waals surface area contributed by atoms with Crippen molar-refractivity contribution in [2.45, 2.75) is 125 Å². The Morgan fingerprint density at radius 1 is 0.432 bits per heavy atom. The fraction of sp³-hybridized carbons (Fsp3) is 0.282. The summed E-state index contributed by atoms with van der Waals surface area (Å²) in [5.74, 6) is 8.13. The van der Waals surface area contributed by atoms with E-state index in [4.69, 9.17) is 28.5 Å². The molecule has 3 saturated carbocycles. The Morgan fingerprint density at radius 3 is 1.33 bits per heavy atom. The van der Waals surface area contributed by atoms with Crippen LogP contribution in [0.4, 0.5) is 0 Å². The van der Waals surface area contributed by atoms with Gasteiger partial charge in [0.05, 0.1) is 50.2 Å². The van der Waals surface area contributed by atoms with Crippen LogP contribution < -0.4 is 10.9 Å². The predicted molar refractivity (Wildman–Crippen MR) is 344 cm³/mol. The molecule has 5 aromatic carbocycles. The average Bonchev–Trinajstić information content (AvgIpc) is 3.34. The van der Waals surface area contributed by atoms with Crippen molar-refractivity contribution in [1.29, 1.82) is 0 Å². The molecule has 8 aromatic heterocycles. The van der Waals surface area contributed by atoms with Crippen LogP contribution in [0.25, 0.3) is 116 Å². The highest BCUT2D eigenvalue weighted by molar-refractivity contribution is 6.05. The number of fused-ring (bicyclic) bond motifs is 5. The van der Waals surface area contributed by atoms with Crippen LogP contribution in [0.3, 0.4) is 0 Å². The lowest BCUT2D eigenvalue weighted by molar-refractivity contribution is 0.393. The van der Waals surface area contributed by atoms with E-state index in [1.54, 1.807) is 6.07 Å². The van der Waals surface area contributed by atoms with Gasteiger partial charge in [-0.15, -0.1) is 0 Å². The molecule has 0 unspecified atom stereocenters. The summed E-state index contributed by atoms with van der Waals surface area (Å²) in [6.45, 7) is 22.9. The zero-order valence-electron chi connectivity index (χ0n) is 50.9. The predicted octanol–water partition coefficient (Wildman–Crippen LogP) is 15.8. The molecular formula is C71H67N13O4. The lowest BCUT2D eigenvalue weighted by Gasteiger charge is -2.23. The van der Waals surface area contributed by atoms with Crippen LogP contribution in [-0.4, -0.2) is 66.9 Å². The maximum absolute atomic E-state index is 11.8. The van der Waals surface area contributed by atoms with E-state index in [9.17, 15) is 4.79 Å². The molecular weight excluding hydrogens is 1100 g/mol. The van der Waals surface area contributed by atoms with Gasteiger partial charge >= 0.3 is 0 Å². The fourth-order valence-electron chi connectivity index (χ4n) is 13.3. The van der Waals surface area contributed by atoms with E-state index < -0.39 is 0 Å². The summed E-state index contributed by atoms with van der Waals surface area (Å²) in [4.78, 5) is 49.7. The van der Waals surface area contributed by atoms with Crippen LogP contribution in [0.1, 0.15) is 136 Å². The third-order valence-corrected chi connectivity index (χ3v) is 17.9. The molecule has 5 N–H and O–H groups in total. The van der Waals surface area contributed by atoms with Crippen molar-refractivity contribution < 1.29 is 13.6 Å². The number of imidazole rings is 3. The summed E-state index contributed by atoms with van der Waals surface area (Å²) in [6, 6.07) is 29.0. The van der Waals surface area contributed by atoms with Crippen LogP contribution >= 0.6 is 0 Å². The van der Waals surface area contributed by atoms with E-state index in [1.165, 1.54) is 55.2 Å². The van der Waals surface area contributed by atoms with Gasteiger partial charge in [-0.05, 0) is 189 Å². The van der Waals surface area contributed by atoms with Crippen molar-refractivity contribution in [3.05, 3.63) is 182 Å². The molecule has 88 heavy (non-hydrogen) atoms. The molecule has 17 rings (SSSR count). The number of aromatic nitrogens is 12. The van der Waals surface area contributed by atoms with Crippen molar-refractivity contribution in [3.63, 3.8) is 0 Å². The number of nitrogens with zero attached hydrogens (tertiary/aromatic N) is 8. The molecule has 17 nitrogen and oxygen atoms in total. The minimum Gasteiger partial charge on any atom is -0.385 e. The van der Waals surface area contributed by atoms with Crippen molar-refractivity contribution in [1.82, 2.24) is 65.6 Å². The van der Waals surface area contributed by atoms with Crippen molar-refractivity contribution >= 4 is 49.7 Å². The lowest BCUT2D eigenvalue weighted by Crippen LogP contribution is -2.22. The van der Waals surface area contributed by atoms with Gasteiger partial charge in [0, 0.05) is 103 Å². The highest BCUT2D eigenvalue weighted by Gasteiger charge is 2.32. The summed E-state index contributed by atoms with van der Waals surface area (Å²) in [6.07, 6.45) is 8.19. The molecule has 13 aromatic rings. The minimum absolute atomic E-state index is 0.106. The van der Waals surface area contributed by atoms with Crippen molar-refractivity contribution in [2.75, 3.05) is 6.54 Å². The molecule has 3 aliphatic carbocycles. The summed E-state index contributed by atoms with van der Waals surface area (Å²) >= 11 is 0. The Labute approximate surface area is 506 Å². The van der Waals surface area contributed by atoms with Gasteiger partial charge in [0.15, 0.2) is 0 Å². The van der Waals surface area contributed by atoms with Gasteiger partial charge in [-0.2, -0.15) is 0 Å². The Bertz CT molecular complexity index is 4970. The first-order chi connectivity index (χ1) is 42.6. The second kappa shape index (κ2) is 21.1. The Kier molecular flexibility index (Phi) is 13.1. The first-order valence-electron chi connectivity index (χ1n) is 30.5. The van der Waals surface area contributed by atoms with Gasteiger partial charge in [0.25, 0.3) is 0 Å². The highest BCUT2D eigenvalue weighted by Crippen LogP contribution is 2.47. The first kappa shape index (κ1) is 54.6. The minimum atomic E-state index is -0.106. The van der Waals surface area contributed by atoms with E-state index in [2.05, 4.69) is 118 Å². The fourth-order valence-corrected chi connectivity index (χ4v) is 13.3. The smallest absolute Gasteiger partial charge is 0.248 e. The second-order valence-corrected chi connectivity index (χ2v) is 24.4. The summed E-state index contributed by atoms with van der Waals surface area (Å²) in [5.41, 5.74) is 27.9. The van der Waals surface area contributed by atoms with Crippen LogP contribution in [-0.2, 0) is 6.42 Å². The highest BCUT2D eigenvalue weighted by atomic mass is 16.5. The van der Waals surface area contributed by atoms with Gasteiger partial charge in [0.2, 0.25) is 5.56 Å². The van der Waals surface area contributed by atoms with E-state index in [0.29, 0.717) is 17.8 Å². The molecule has 440 valence electrons. The van der Waals surface area contributed by atoms with Gasteiger partial charge in [-0.1, -0.05) is 52.4 Å². The maximum Gasteiger partial charge on any atom is 0.248 e. The molecule has 9 heterocycles. The number of hydrogen-bond acceptors (Lipinski definition) is 13. The molecule has 0 spiro atoms. The van der Waals surface area contributed by atoms with Crippen LogP contribution in [0, 0.1) is 62.3 Å². The van der Waals surface area contributed by atoms with Gasteiger partial charge in [0.1, 0.15) is 40.6 Å². The first-order valence-corrected chi connectivity index (χ1v) is 30.5. The molecule has 1 aliphatic heterocycles. The number of pyridine rings is 1. The maximum atomic E-state index is 11.8. The SMILES string of the molecule is C=C1NCCc2c1cccc2-c1cc(-c2c(C)noc2C)cc2[nH]c(C3CC3)nc12.Cc1nc(C)c(-c2cc(-c3c(C)noc3C)cc3[nH]c(C4CC4)nc23)c(C)n1.Cc1noc(C)c1-c1cc(-c2cccc3[nH]c(=O)ccc23)c2nc(C3CC3)[nH]c2c1. The summed E-state index contributed by atoms with van der Waals surface area (Å²) < 4.78 is 16.3.